The molecule has 0 fully saturated rings. The van der Waals surface area contributed by atoms with Crippen LogP contribution in [0.3, 0.4) is 0 Å². The molecule has 0 aliphatic heterocycles. The van der Waals surface area contributed by atoms with Gasteiger partial charge in [-0.05, 0) is 49.1 Å². The van der Waals surface area contributed by atoms with Crippen molar-refractivity contribution in [2.24, 2.45) is 0 Å². The molecule has 3 amide bonds. The maximum atomic E-state index is 12.0. The van der Waals surface area contributed by atoms with E-state index in [4.69, 9.17) is 0 Å². The van der Waals surface area contributed by atoms with Crippen molar-refractivity contribution in [1.82, 2.24) is 10.6 Å². The lowest BCUT2D eigenvalue weighted by Gasteiger charge is -2.14. The van der Waals surface area contributed by atoms with E-state index in [1.165, 1.54) is 11.3 Å². The summed E-state index contributed by atoms with van der Waals surface area (Å²) in [4.78, 5) is 36.4. The van der Waals surface area contributed by atoms with Crippen LogP contribution in [0, 0.1) is 6.92 Å². The SMILES string of the molecule is Cc1cc(Br)ccc1NC(=O)CNC(=O)C(C)NC(=O)c1cccs1. The fourth-order valence-electron chi connectivity index (χ4n) is 2.02. The van der Waals surface area contributed by atoms with Crippen LogP contribution in [0.2, 0.25) is 0 Å². The van der Waals surface area contributed by atoms with Crippen LogP contribution in [-0.4, -0.2) is 30.3 Å². The summed E-state index contributed by atoms with van der Waals surface area (Å²) in [6.45, 7) is 3.27. The van der Waals surface area contributed by atoms with Crippen molar-refractivity contribution < 1.29 is 14.4 Å². The molecule has 25 heavy (non-hydrogen) atoms. The molecule has 1 aromatic heterocycles. The van der Waals surface area contributed by atoms with Crippen molar-refractivity contribution in [2.45, 2.75) is 19.9 Å². The summed E-state index contributed by atoms with van der Waals surface area (Å²) in [5, 5.41) is 9.63. The molecule has 0 aliphatic carbocycles. The maximum absolute atomic E-state index is 12.0. The minimum Gasteiger partial charge on any atom is -0.345 e. The molecule has 3 N–H and O–H groups in total. The van der Waals surface area contributed by atoms with E-state index in [1.807, 2.05) is 19.1 Å². The van der Waals surface area contributed by atoms with Gasteiger partial charge >= 0.3 is 0 Å². The summed E-state index contributed by atoms with van der Waals surface area (Å²) in [7, 11) is 0. The Balaban J connectivity index is 1.80. The van der Waals surface area contributed by atoms with Crippen molar-refractivity contribution in [3.8, 4) is 0 Å². The van der Waals surface area contributed by atoms with Gasteiger partial charge in [-0.25, -0.2) is 0 Å². The minimum atomic E-state index is -0.739. The molecule has 0 bridgehead atoms. The fourth-order valence-corrected chi connectivity index (χ4v) is 3.13. The number of thiophene rings is 1. The molecule has 0 saturated carbocycles. The molecular formula is C17H18BrN3O3S. The van der Waals surface area contributed by atoms with Gasteiger partial charge in [0, 0.05) is 10.2 Å². The molecule has 1 atom stereocenters. The summed E-state index contributed by atoms with van der Waals surface area (Å²) in [5.41, 5.74) is 1.59. The first kappa shape index (κ1) is 19.1. The Morgan fingerprint density at radius 3 is 2.64 bits per heavy atom. The molecular weight excluding hydrogens is 406 g/mol. The van der Waals surface area contributed by atoms with Gasteiger partial charge < -0.3 is 16.0 Å². The molecule has 2 rings (SSSR count). The Kier molecular flexibility index (Phi) is 6.72. The molecule has 8 heteroatoms. The number of amides is 3. The molecule has 1 aromatic carbocycles. The Hall–Kier alpha value is -2.19. The van der Waals surface area contributed by atoms with Crippen LogP contribution in [0.25, 0.3) is 0 Å². The average molecular weight is 424 g/mol. The second-order valence-corrected chi connectivity index (χ2v) is 7.26. The van der Waals surface area contributed by atoms with Gasteiger partial charge in [-0.2, -0.15) is 0 Å². The van der Waals surface area contributed by atoms with E-state index in [0.717, 1.165) is 10.0 Å². The molecule has 1 heterocycles. The fraction of sp³-hybridized carbons (Fsp3) is 0.235. The van der Waals surface area contributed by atoms with Crippen LogP contribution in [0.5, 0.6) is 0 Å². The number of aryl methyl sites for hydroxylation is 1. The smallest absolute Gasteiger partial charge is 0.261 e. The van der Waals surface area contributed by atoms with E-state index in [2.05, 4.69) is 31.9 Å². The standard InChI is InChI=1S/C17H18BrN3O3S/c1-10-8-12(18)5-6-13(10)21-15(22)9-19-16(23)11(2)20-17(24)14-4-3-7-25-14/h3-8,11H,9H2,1-2H3,(H,19,23)(H,20,24)(H,21,22). The predicted octanol–water partition coefficient (Wildman–Crippen LogP) is 2.69. The van der Waals surface area contributed by atoms with Crippen LogP contribution in [0.4, 0.5) is 5.69 Å². The van der Waals surface area contributed by atoms with Crippen LogP contribution < -0.4 is 16.0 Å². The monoisotopic (exact) mass is 423 g/mol. The quantitative estimate of drug-likeness (QED) is 0.667. The second-order valence-electron chi connectivity index (χ2n) is 5.40. The van der Waals surface area contributed by atoms with E-state index in [0.29, 0.717) is 10.6 Å². The average Bonchev–Trinajstić information content (AvgIpc) is 3.09. The van der Waals surface area contributed by atoms with Crippen LogP contribution in [0.1, 0.15) is 22.2 Å². The number of nitrogens with one attached hydrogen (secondary N) is 3. The molecule has 132 valence electrons. The number of hydrogen-bond donors (Lipinski definition) is 3. The van der Waals surface area contributed by atoms with E-state index in [9.17, 15) is 14.4 Å². The number of carbonyl (C=O) groups is 3. The lowest BCUT2D eigenvalue weighted by molar-refractivity contribution is -0.125. The summed E-state index contributed by atoms with van der Waals surface area (Å²) >= 11 is 4.65. The molecule has 2 aromatic rings. The highest BCUT2D eigenvalue weighted by atomic mass is 79.9. The normalized spacial score (nSPS) is 11.5. The van der Waals surface area contributed by atoms with Gasteiger partial charge in [0.15, 0.2) is 0 Å². The Morgan fingerprint density at radius 2 is 2.00 bits per heavy atom. The number of carbonyl (C=O) groups excluding carboxylic acids is 3. The number of benzene rings is 1. The topological polar surface area (TPSA) is 87.3 Å². The van der Waals surface area contributed by atoms with E-state index >= 15 is 0 Å². The Morgan fingerprint density at radius 1 is 1.24 bits per heavy atom. The summed E-state index contributed by atoms with van der Waals surface area (Å²) < 4.78 is 0.923. The number of hydrogen-bond acceptors (Lipinski definition) is 4. The first-order chi connectivity index (χ1) is 11.9. The van der Waals surface area contributed by atoms with Gasteiger partial charge in [0.1, 0.15) is 6.04 Å². The van der Waals surface area contributed by atoms with Crippen molar-refractivity contribution in [2.75, 3.05) is 11.9 Å². The van der Waals surface area contributed by atoms with Gasteiger partial charge in [0.2, 0.25) is 11.8 Å². The van der Waals surface area contributed by atoms with Crippen LogP contribution in [-0.2, 0) is 9.59 Å². The Bertz CT molecular complexity index is 777. The third-order valence-corrected chi connectivity index (χ3v) is 4.73. The lowest BCUT2D eigenvalue weighted by atomic mass is 10.2. The third-order valence-electron chi connectivity index (χ3n) is 3.37. The maximum Gasteiger partial charge on any atom is 0.261 e. The number of anilines is 1. The number of rotatable bonds is 6. The predicted molar refractivity (Wildman–Crippen MR) is 102 cm³/mol. The van der Waals surface area contributed by atoms with E-state index in [1.54, 1.807) is 30.5 Å². The van der Waals surface area contributed by atoms with Gasteiger partial charge in [-0.15, -0.1) is 11.3 Å². The van der Waals surface area contributed by atoms with Crippen LogP contribution >= 0.6 is 27.3 Å². The van der Waals surface area contributed by atoms with Gasteiger partial charge in [0.05, 0.1) is 11.4 Å². The van der Waals surface area contributed by atoms with Gasteiger partial charge in [-0.3, -0.25) is 14.4 Å². The van der Waals surface area contributed by atoms with Gasteiger partial charge in [-0.1, -0.05) is 22.0 Å². The Labute approximate surface area is 158 Å². The van der Waals surface area contributed by atoms with Crippen molar-refractivity contribution in [3.63, 3.8) is 0 Å². The molecule has 0 aliphatic rings. The zero-order valence-electron chi connectivity index (χ0n) is 13.8. The zero-order valence-corrected chi connectivity index (χ0v) is 16.2. The van der Waals surface area contributed by atoms with Crippen molar-refractivity contribution in [1.29, 1.82) is 0 Å². The van der Waals surface area contributed by atoms with Crippen molar-refractivity contribution >= 4 is 50.7 Å². The third kappa shape index (κ3) is 5.68. The summed E-state index contributed by atoms with van der Waals surface area (Å²) in [6.07, 6.45) is 0. The molecule has 0 spiro atoms. The van der Waals surface area contributed by atoms with Crippen LogP contribution in [0.15, 0.2) is 40.2 Å². The number of halogens is 1. The summed E-state index contributed by atoms with van der Waals surface area (Å²) in [5.74, 6) is -1.07. The lowest BCUT2D eigenvalue weighted by Crippen LogP contribution is -2.46. The largest absolute Gasteiger partial charge is 0.345 e. The highest BCUT2D eigenvalue weighted by Gasteiger charge is 2.17. The molecule has 6 nitrogen and oxygen atoms in total. The molecule has 0 radical (unpaired) electrons. The summed E-state index contributed by atoms with van der Waals surface area (Å²) in [6, 6.07) is 8.19. The van der Waals surface area contributed by atoms with Crippen molar-refractivity contribution in [3.05, 3.63) is 50.6 Å². The highest BCUT2D eigenvalue weighted by Crippen LogP contribution is 2.19. The highest BCUT2D eigenvalue weighted by molar-refractivity contribution is 9.10. The molecule has 1 unspecified atom stereocenters. The van der Waals surface area contributed by atoms with E-state index in [-0.39, 0.29) is 18.4 Å². The zero-order chi connectivity index (χ0) is 18.4. The first-order valence-corrected chi connectivity index (χ1v) is 9.22. The van der Waals surface area contributed by atoms with E-state index < -0.39 is 11.9 Å². The molecule has 0 saturated heterocycles. The van der Waals surface area contributed by atoms with Gasteiger partial charge in [0.25, 0.3) is 5.91 Å². The first-order valence-electron chi connectivity index (χ1n) is 7.55. The minimum absolute atomic E-state index is 0.173. The second kappa shape index (κ2) is 8.77.